The number of nitrogens with one attached hydrogen (secondary N) is 1. The topological polar surface area (TPSA) is 101 Å². The number of nitrogens with two attached hydrogens (primary N) is 1. The van der Waals surface area contributed by atoms with Gasteiger partial charge in [0.05, 0.1) is 11.8 Å². The van der Waals surface area contributed by atoms with Crippen LogP contribution in [0, 0.1) is 0 Å². The Morgan fingerprint density at radius 1 is 1.43 bits per heavy atom. The molecule has 0 aliphatic rings. The van der Waals surface area contributed by atoms with Crippen LogP contribution in [0.15, 0.2) is 46.2 Å². The first-order valence-corrected chi connectivity index (χ1v) is 6.57. The maximum Gasteiger partial charge on any atom is 0.255 e. The fraction of sp³-hybridized carbons (Fsp3) is 0.200. The number of amidine groups is 1. The summed E-state index contributed by atoms with van der Waals surface area (Å²) in [7, 11) is 0. The standard InChI is InChI=1S/C15H17N3O3/c1-2-13-12(6-7-21-13)15(19)17-9-10-4-3-5-11(8-10)14(16)18-20/h3-8,20H,2,9H2,1H3,(H2,16,18)(H,17,19). The smallest absolute Gasteiger partial charge is 0.255 e. The minimum Gasteiger partial charge on any atom is -0.469 e. The van der Waals surface area contributed by atoms with E-state index in [-0.39, 0.29) is 11.7 Å². The number of carbonyl (C=O) groups is 1. The van der Waals surface area contributed by atoms with Crippen LogP contribution in [0.25, 0.3) is 0 Å². The largest absolute Gasteiger partial charge is 0.469 e. The molecule has 0 unspecified atom stereocenters. The summed E-state index contributed by atoms with van der Waals surface area (Å²) in [5, 5.41) is 14.4. The van der Waals surface area contributed by atoms with E-state index in [4.69, 9.17) is 15.4 Å². The lowest BCUT2D eigenvalue weighted by Crippen LogP contribution is -2.23. The van der Waals surface area contributed by atoms with Gasteiger partial charge in [0.2, 0.25) is 0 Å². The minimum absolute atomic E-state index is 0.0336. The second-order valence-electron chi connectivity index (χ2n) is 4.48. The van der Waals surface area contributed by atoms with Crippen LogP contribution in [0.5, 0.6) is 0 Å². The first-order valence-electron chi connectivity index (χ1n) is 6.57. The molecule has 6 heteroatoms. The molecule has 110 valence electrons. The number of furan rings is 1. The van der Waals surface area contributed by atoms with Crippen molar-refractivity contribution >= 4 is 11.7 Å². The van der Waals surface area contributed by atoms with Crippen molar-refractivity contribution in [3.8, 4) is 0 Å². The molecule has 1 aromatic carbocycles. The van der Waals surface area contributed by atoms with Crippen LogP contribution in [0.3, 0.4) is 0 Å². The highest BCUT2D eigenvalue weighted by Gasteiger charge is 2.12. The van der Waals surface area contributed by atoms with E-state index in [9.17, 15) is 4.79 Å². The Kier molecular flexibility index (Phi) is 4.61. The predicted molar refractivity (Wildman–Crippen MR) is 78.2 cm³/mol. The van der Waals surface area contributed by atoms with E-state index in [1.807, 2.05) is 13.0 Å². The van der Waals surface area contributed by atoms with Gasteiger partial charge in [0.15, 0.2) is 5.84 Å². The molecular formula is C15H17N3O3. The van der Waals surface area contributed by atoms with E-state index in [1.165, 1.54) is 6.26 Å². The van der Waals surface area contributed by atoms with Gasteiger partial charge in [0.25, 0.3) is 5.91 Å². The maximum atomic E-state index is 12.1. The fourth-order valence-electron chi connectivity index (χ4n) is 1.99. The van der Waals surface area contributed by atoms with Crippen LogP contribution in [0.2, 0.25) is 0 Å². The molecule has 0 atom stereocenters. The molecule has 4 N–H and O–H groups in total. The van der Waals surface area contributed by atoms with E-state index < -0.39 is 0 Å². The van der Waals surface area contributed by atoms with Gasteiger partial charge in [-0.2, -0.15) is 0 Å². The zero-order valence-corrected chi connectivity index (χ0v) is 11.7. The molecule has 2 rings (SSSR count). The summed E-state index contributed by atoms with van der Waals surface area (Å²) < 4.78 is 5.23. The molecule has 0 fully saturated rings. The molecule has 0 saturated carbocycles. The van der Waals surface area contributed by atoms with Crippen molar-refractivity contribution in [2.24, 2.45) is 10.9 Å². The van der Waals surface area contributed by atoms with Crippen LogP contribution in [-0.2, 0) is 13.0 Å². The minimum atomic E-state index is -0.185. The molecule has 0 spiro atoms. The lowest BCUT2D eigenvalue weighted by atomic mass is 10.1. The van der Waals surface area contributed by atoms with Crippen molar-refractivity contribution in [2.45, 2.75) is 19.9 Å². The molecular weight excluding hydrogens is 270 g/mol. The molecule has 0 bridgehead atoms. The van der Waals surface area contributed by atoms with Crippen molar-refractivity contribution in [3.05, 3.63) is 59.0 Å². The summed E-state index contributed by atoms with van der Waals surface area (Å²) in [6, 6.07) is 8.77. The van der Waals surface area contributed by atoms with E-state index >= 15 is 0 Å². The van der Waals surface area contributed by atoms with Crippen LogP contribution in [-0.4, -0.2) is 17.0 Å². The quantitative estimate of drug-likeness (QED) is 0.338. The number of amides is 1. The molecule has 6 nitrogen and oxygen atoms in total. The van der Waals surface area contributed by atoms with Crippen molar-refractivity contribution in [2.75, 3.05) is 0 Å². The molecule has 1 aromatic heterocycles. The molecule has 0 radical (unpaired) electrons. The third-order valence-electron chi connectivity index (χ3n) is 3.09. The number of rotatable bonds is 5. The molecule has 1 heterocycles. The normalized spacial score (nSPS) is 11.4. The van der Waals surface area contributed by atoms with E-state index in [1.54, 1.807) is 24.3 Å². The third kappa shape index (κ3) is 3.42. The highest BCUT2D eigenvalue weighted by atomic mass is 16.4. The highest BCUT2D eigenvalue weighted by molar-refractivity contribution is 5.97. The Bertz CT molecular complexity index is 662. The van der Waals surface area contributed by atoms with Crippen LogP contribution in [0.1, 0.15) is 34.2 Å². The predicted octanol–water partition coefficient (Wildman–Crippen LogP) is 1.87. The van der Waals surface area contributed by atoms with E-state index in [2.05, 4.69) is 10.5 Å². The number of aryl methyl sites for hydroxylation is 1. The van der Waals surface area contributed by atoms with Gasteiger partial charge in [0, 0.05) is 18.5 Å². The van der Waals surface area contributed by atoms with Gasteiger partial charge in [-0.15, -0.1) is 0 Å². The number of nitrogens with zero attached hydrogens (tertiary/aromatic N) is 1. The monoisotopic (exact) mass is 287 g/mol. The van der Waals surface area contributed by atoms with Crippen LogP contribution in [0.4, 0.5) is 0 Å². The molecule has 0 aliphatic carbocycles. The van der Waals surface area contributed by atoms with Crippen molar-refractivity contribution in [1.29, 1.82) is 0 Å². The summed E-state index contributed by atoms with van der Waals surface area (Å²) in [6.07, 6.45) is 2.17. The highest BCUT2D eigenvalue weighted by Crippen LogP contribution is 2.11. The number of hydrogen-bond donors (Lipinski definition) is 3. The number of hydrogen-bond acceptors (Lipinski definition) is 4. The average molecular weight is 287 g/mol. The van der Waals surface area contributed by atoms with Gasteiger partial charge in [0.1, 0.15) is 5.76 Å². The summed E-state index contributed by atoms with van der Waals surface area (Å²) in [5.74, 6) is 0.513. The molecule has 2 aromatic rings. The average Bonchev–Trinajstić information content (AvgIpc) is 3.00. The molecule has 1 amide bonds. The van der Waals surface area contributed by atoms with Crippen LogP contribution >= 0.6 is 0 Å². The summed E-state index contributed by atoms with van der Waals surface area (Å²) >= 11 is 0. The SMILES string of the molecule is CCc1occc1C(=O)NCc1cccc(/C(N)=N/O)c1. The lowest BCUT2D eigenvalue weighted by Gasteiger charge is -2.07. The summed E-state index contributed by atoms with van der Waals surface area (Å²) in [4.78, 5) is 12.1. The maximum absolute atomic E-state index is 12.1. The molecule has 21 heavy (non-hydrogen) atoms. The van der Waals surface area contributed by atoms with Gasteiger partial charge in [-0.1, -0.05) is 30.3 Å². The Balaban J connectivity index is 2.05. The van der Waals surface area contributed by atoms with Gasteiger partial charge in [-0.3, -0.25) is 4.79 Å². The zero-order valence-electron chi connectivity index (χ0n) is 11.7. The Labute approximate surface area is 122 Å². The van der Waals surface area contributed by atoms with Gasteiger partial charge in [-0.05, 0) is 17.7 Å². The fourth-order valence-corrected chi connectivity index (χ4v) is 1.99. The van der Waals surface area contributed by atoms with Gasteiger partial charge < -0.3 is 20.7 Å². The third-order valence-corrected chi connectivity index (χ3v) is 3.09. The molecule has 0 aliphatic heterocycles. The Hall–Kier alpha value is -2.76. The zero-order chi connectivity index (χ0) is 15.2. The summed E-state index contributed by atoms with van der Waals surface area (Å²) in [5.41, 5.74) is 7.54. The number of benzene rings is 1. The van der Waals surface area contributed by atoms with Gasteiger partial charge in [-0.25, -0.2) is 0 Å². The lowest BCUT2D eigenvalue weighted by molar-refractivity contribution is 0.0949. The van der Waals surface area contributed by atoms with Crippen LogP contribution < -0.4 is 11.1 Å². The van der Waals surface area contributed by atoms with Crippen molar-refractivity contribution < 1.29 is 14.4 Å². The number of oxime groups is 1. The second kappa shape index (κ2) is 6.60. The second-order valence-corrected chi connectivity index (χ2v) is 4.48. The number of carbonyl (C=O) groups excluding carboxylic acids is 1. The summed E-state index contributed by atoms with van der Waals surface area (Å²) in [6.45, 7) is 2.27. The van der Waals surface area contributed by atoms with E-state index in [0.29, 0.717) is 29.9 Å². The van der Waals surface area contributed by atoms with Crippen molar-refractivity contribution in [3.63, 3.8) is 0 Å². The van der Waals surface area contributed by atoms with Crippen molar-refractivity contribution in [1.82, 2.24) is 5.32 Å². The Morgan fingerprint density at radius 3 is 2.95 bits per heavy atom. The Morgan fingerprint density at radius 2 is 2.24 bits per heavy atom. The van der Waals surface area contributed by atoms with E-state index in [0.717, 1.165) is 5.56 Å². The first-order chi connectivity index (χ1) is 10.2. The molecule has 0 saturated heterocycles. The van der Waals surface area contributed by atoms with Gasteiger partial charge >= 0.3 is 0 Å². The first kappa shape index (κ1) is 14.6.